The van der Waals surface area contributed by atoms with E-state index in [-0.39, 0.29) is 22.4 Å². The van der Waals surface area contributed by atoms with Crippen LogP contribution in [0, 0.1) is 0 Å². The Bertz CT molecular complexity index is 546. The maximum Gasteiger partial charge on any atom is 0.282 e. The molecule has 0 aromatic heterocycles. The zero-order valence-corrected chi connectivity index (χ0v) is 13.1. The molecule has 0 bridgehead atoms. The first-order valence-corrected chi connectivity index (χ1v) is 7.46. The molecule has 1 fully saturated rings. The van der Waals surface area contributed by atoms with Gasteiger partial charge in [0.15, 0.2) is 0 Å². The summed E-state index contributed by atoms with van der Waals surface area (Å²) >= 11 is 5.83. The largest absolute Gasteiger partial charge is 0.495 e. The zero-order chi connectivity index (χ0) is 16.3. The van der Waals surface area contributed by atoms with Crippen molar-refractivity contribution in [1.82, 2.24) is 4.90 Å². The first-order chi connectivity index (χ1) is 10.3. The van der Waals surface area contributed by atoms with E-state index in [9.17, 15) is 13.6 Å². The maximum atomic E-state index is 14.3. The normalized spacial score (nSPS) is 16.7. The van der Waals surface area contributed by atoms with Gasteiger partial charge in [0.05, 0.1) is 18.6 Å². The Morgan fingerprint density at radius 1 is 1.45 bits per heavy atom. The topological polar surface area (TPSA) is 55.6 Å². The summed E-state index contributed by atoms with van der Waals surface area (Å²) < 4.78 is 33.6. The number of carbonyl (C=O) groups excluding carboxylic acids is 1. The van der Waals surface area contributed by atoms with Crippen molar-refractivity contribution in [3.63, 3.8) is 0 Å². The predicted octanol–water partition coefficient (Wildman–Crippen LogP) is 2.78. The van der Waals surface area contributed by atoms with Gasteiger partial charge in [-0.3, -0.25) is 4.79 Å². The van der Waals surface area contributed by atoms with Gasteiger partial charge in [-0.15, -0.1) is 0 Å². The number of carbonyl (C=O) groups is 1. The molecule has 0 radical (unpaired) electrons. The predicted molar refractivity (Wildman–Crippen MR) is 80.3 cm³/mol. The quantitative estimate of drug-likeness (QED) is 0.922. The Morgan fingerprint density at radius 3 is 2.68 bits per heavy atom. The molecule has 0 unspecified atom stereocenters. The summed E-state index contributed by atoms with van der Waals surface area (Å²) in [5.74, 6) is -3.67. The second-order valence-corrected chi connectivity index (χ2v) is 5.86. The lowest BCUT2D eigenvalue weighted by molar-refractivity contribution is -0.140. The van der Waals surface area contributed by atoms with Crippen LogP contribution in [-0.2, 0) is 10.7 Å². The molecule has 122 valence electrons. The summed E-state index contributed by atoms with van der Waals surface area (Å²) in [6.45, 7) is 0.861. The minimum atomic E-state index is -3.27. The molecule has 1 heterocycles. The van der Waals surface area contributed by atoms with Crippen LogP contribution in [0.25, 0.3) is 0 Å². The maximum absolute atomic E-state index is 14.3. The van der Waals surface area contributed by atoms with Gasteiger partial charge in [0, 0.05) is 24.7 Å². The molecule has 2 rings (SSSR count). The van der Waals surface area contributed by atoms with Crippen molar-refractivity contribution in [2.75, 3.05) is 20.2 Å². The van der Waals surface area contributed by atoms with Gasteiger partial charge in [-0.05, 0) is 25.0 Å². The number of nitrogens with zero attached hydrogens (tertiary/aromatic N) is 1. The molecule has 2 N–H and O–H groups in total. The van der Waals surface area contributed by atoms with Crippen molar-refractivity contribution in [2.24, 2.45) is 5.73 Å². The Morgan fingerprint density at radius 2 is 2.09 bits per heavy atom. The molecule has 1 saturated heterocycles. The first kappa shape index (κ1) is 17.0. The van der Waals surface area contributed by atoms with Crippen LogP contribution < -0.4 is 10.5 Å². The Hall–Kier alpha value is -1.40. The lowest BCUT2D eigenvalue weighted by Gasteiger charge is -2.31. The number of likely N-dealkylation sites (tertiary alicyclic amines) is 1. The van der Waals surface area contributed by atoms with Crippen LogP contribution in [0.15, 0.2) is 18.2 Å². The summed E-state index contributed by atoms with van der Waals surface area (Å²) in [6, 6.07) is 3.77. The number of methoxy groups -OCH3 is 1. The molecular formula is C15H19ClF2N2O2. The van der Waals surface area contributed by atoms with Crippen molar-refractivity contribution in [3.05, 3.63) is 28.8 Å². The first-order valence-electron chi connectivity index (χ1n) is 7.08. The fraction of sp³-hybridized carbons (Fsp3) is 0.533. The van der Waals surface area contributed by atoms with Crippen LogP contribution in [0.4, 0.5) is 8.78 Å². The molecule has 0 spiro atoms. The standard InChI is InChI=1S/C15H19ClF2N2O2/c1-22-13-8-10(2-3-12(13)16)15(17,18)9-14(21)20-6-4-11(19)5-7-20/h2-3,8,11H,4-7,9,19H2,1H3. The number of hydrogen-bond acceptors (Lipinski definition) is 3. The number of alkyl halides is 2. The van der Waals surface area contributed by atoms with Gasteiger partial charge in [0.2, 0.25) is 5.91 Å². The molecule has 1 aromatic carbocycles. The van der Waals surface area contributed by atoms with Crippen molar-refractivity contribution in [3.8, 4) is 5.75 Å². The monoisotopic (exact) mass is 332 g/mol. The van der Waals surface area contributed by atoms with Gasteiger partial charge in [-0.25, -0.2) is 8.78 Å². The van der Waals surface area contributed by atoms with Gasteiger partial charge >= 0.3 is 0 Å². The fourth-order valence-electron chi connectivity index (χ4n) is 2.44. The van der Waals surface area contributed by atoms with Gasteiger partial charge < -0.3 is 15.4 Å². The zero-order valence-electron chi connectivity index (χ0n) is 12.3. The second-order valence-electron chi connectivity index (χ2n) is 5.45. The molecule has 1 aromatic rings. The smallest absolute Gasteiger partial charge is 0.282 e. The molecule has 1 aliphatic heterocycles. The molecular weight excluding hydrogens is 314 g/mol. The van der Waals surface area contributed by atoms with E-state index in [1.54, 1.807) is 0 Å². The van der Waals surface area contributed by atoms with E-state index in [0.717, 1.165) is 0 Å². The van der Waals surface area contributed by atoms with Crippen LogP contribution in [0.1, 0.15) is 24.8 Å². The summed E-state index contributed by atoms with van der Waals surface area (Å²) in [7, 11) is 1.35. The Kier molecular flexibility index (Phi) is 5.24. The molecule has 0 atom stereocenters. The van der Waals surface area contributed by atoms with Gasteiger partial charge in [-0.2, -0.15) is 0 Å². The Balaban J connectivity index is 2.08. The molecule has 22 heavy (non-hydrogen) atoms. The van der Waals surface area contributed by atoms with E-state index >= 15 is 0 Å². The highest BCUT2D eigenvalue weighted by atomic mass is 35.5. The van der Waals surface area contributed by atoms with E-state index in [4.69, 9.17) is 22.1 Å². The number of piperidine rings is 1. The van der Waals surface area contributed by atoms with Crippen molar-refractivity contribution in [2.45, 2.75) is 31.2 Å². The minimum absolute atomic E-state index is 0.0464. The number of benzene rings is 1. The number of rotatable bonds is 4. The third-order valence-corrected chi connectivity index (χ3v) is 4.15. The van der Waals surface area contributed by atoms with Crippen LogP contribution in [-0.4, -0.2) is 37.0 Å². The van der Waals surface area contributed by atoms with E-state index in [0.29, 0.717) is 25.9 Å². The second kappa shape index (κ2) is 6.79. The number of amides is 1. The van der Waals surface area contributed by atoms with Crippen LogP contribution >= 0.6 is 11.6 Å². The van der Waals surface area contributed by atoms with Crippen molar-refractivity contribution < 1.29 is 18.3 Å². The van der Waals surface area contributed by atoms with E-state index in [1.807, 2.05) is 0 Å². The van der Waals surface area contributed by atoms with E-state index < -0.39 is 18.3 Å². The van der Waals surface area contributed by atoms with Crippen LogP contribution in [0.5, 0.6) is 5.75 Å². The highest BCUT2D eigenvalue weighted by Gasteiger charge is 2.37. The van der Waals surface area contributed by atoms with Crippen LogP contribution in [0.2, 0.25) is 5.02 Å². The van der Waals surface area contributed by atoms with Gasteiger partial charge in [-0.1, -0.05) is 17.7 Å². The number of halogens is 3. The highest BCUT2D eigenvalue weighted by molar-refractivity contribution is 6.32. The SMILES string of the molecule is COc1cc(C(F)(F)CC(=O)N2CCC(N)CC2)ccc1Cl. The van der Waals surface area contributed by atoms with Crippen molar-refractivity contribution >= 4 is 17.5 Å². The van der Waals surface area contributed by atoms with E-state index in [2.05, 4.69) is 0 Å². The highest BCUT2D eigenvalue weighted by Crippen LogP contribution is 2.36. The molecule has 0 aliphatic carbocycles. The lowest BCUT2D eigenvalue weighted by Crippen LogP contribution is -2.44. The number of nitrogens with two attached hydrogens (primary N) is 1. The minimum Gasteiger partial charge on any atom is -0.495 e. The molecule has 1 amide bonds. The summed E-state index contributed by atoms with van der Waals surface area (Å²) in [5, 5.41) is 0.249. The third-order valence-electron chi connectivity index (χ3n) is 3.84. The molecule has 0 saturated carbocycles. The van der Waals surface area contributed by atoms with Crippen molar-refractivity contribution in [1.29, 1.82) is 0 Å². The summed E-state index contributed by atoms with van der Waals surface area (Å²) in [4.78, 5) is 13.5. The number of hydrogen-bond donors (Lipinski definition) is 1. The molecule has 7 heteroatoms. The van der Waals surface area contributed by atoms with Crippen LogP contribution in [0.3, 0.4) is 0 Å². The average molecular weight is 333 g/mol. The molecule has 4 nitrogen and oxygen atoms in total. The Labute approximate surface area is 133 Å². The summed E-state index contributed by atoms with van der Waals surface area (Å²) in [6.07, 6.45) is 0.422. The number of ether oxygens (including phenoxy) is 1. The summed E-state index contributed by atoms with van der Waals surface area (Å²) in [5.41, 5.74) is 5.47. The van der Waals surface area contributed by atoms with Gasteiger partial charge in [0.1, 0.15) is 5.75 Å². The third kappa shape index (κ3) is 3.87. The average Bonchev–Trinajstić information content (AvgIpc) is 2.47. The molecule has 1 aliphatic rings. The van der Waals surface area contributed by atoms with E-state index in [1.165, 1.54) is 30.2 Å². The fourth-order valence-corrected chi connectivity index (χ4v) is 2.63. The van der Waals surface area contributed by atoms with Gasteiger partial charge in [0.25, 0.3) is 5.92 Å². The lowest BCUT2D eigenvalue weighted by atomic mass is 10.0.